The second-order valence-electron chi connectivity index (χ2n) is 12.0. The Balaban J connectivity index is 1.68. The molecule has 2 atom stereocenters. The van der Waals surface area contributed by atoms with E-state index in [-0.39, 0.29) is 18.5 Å². The van der Waals surface area contributed by atoms with Gasteiger partial charge in [-0.25, -0.2) is 4.39 Å². The molecule has 4 aromatic carbocycles. The van der Waals surface area contributed by atoms with Gasteiger partial charge in [-0.3, -0.25) is 14.4 Å². The number of nitrogens with one attached hydrogen (secondary N) is 2. The average molecular weight is 679 g/mol. The number of carbonyl (C=O) groups is 3. The van der Waals surface area contributed by atoms with Crippen molar-refractivity contribution in [2.24, 2.45) is 0 Å². The van der Waals surface area contributed by atoms with Crippen LogP contribution in [0.4, 0.5) is 17.6 Å². The lowest BCUT2D eigenvalue weighted by molar-refractivity contribution is -0.274. The van der Waals surface area contributed by atoms with Crippen LogP contribution in [0.25, 0.3) is 11.1 Å². The third-order valence-corrected chi connectivity index (χ3v) is 8.17. The van der Waals surface area contributed by atoms with Crippen molar-refractivity contribution in [2.75, 3.05) is 6.54 Å². The molecule has 0 heterocycles. The first kappa shape index (κ1) is 36.6. The first-order valence-corrected chi connectivity index (χ1v) is 15.8. The van der Waals surface area contributed by atoms with Crippen LogP contribution in [-0.4, -0.2) is 35.8 Å². The summed E-state index contributed by atoms with van der Waals surface area (Å²) in [6, 6.07) is 19.3. The van der Waals surface area contributed by atoms with Gasteiger partial charge in [-0.15, -0.1) is 13.2 Å². The number of amides is 2. The second-order valence-corrected chi connectivity index (χ2v) is 12.0. The maximum absolute atomic E-state index is 15.7. The Kier molecular flexibility index (Phi) is 11.8. The number of hydrogen-bond donors (Lipinski definition) is 3. The van der Waals surface area contributed by atoms with E-state index >= 15 is 4.39 Å². The Morgan fingerprint density at radius 2 is 1.45 bits per heavy atom. The Morgan fingerprint density at radius 1 is 0.837 bits per heavy atom. The molecule has 0 aliphatic carbocycles. The normalized spacial score (nSPS) is 12.6. The number of rotatable bonds is 13. The Bertz CT molecular complexity index is 1780. The van der Waals surface area contributed by atoms with Gasteiger partial charge in [-0.2, -0.15) is 0 Å². The van der Waals surface area contributed by atoms with Gasteiger partial charge in [0.2, 0.25) is 0 Å². The van der Waals surface area contributed by atoms with Crippen LogP contribution in [0, 0.1) is 26.6 Å². The molecule has 49 heavy (non-hydrogen) atoms. The largest absolute Gasteiger partial charge is 0.573 e. The number of halogens is 4. The SMILES string of the molecule is CCC[C@H](c1ccc(C(=O)NCCC(=O)O)cc1)[C@@H](NC(=O)c1ccc(-c2c(C)cc(C)cc2C)cc1F)c1ccc(OC(F)(F)F)cc1. The maximum Gasteiger partial charge on any atom is 0.573 e. The summed E-state index contributed by atoms with van der Waals surface area (Å²) in [5.41, 5.74) is 5.78. The summed E-state index contributed by atoms with van der Waals surface area (Å²) >= 11 is 0. The van der Waals surface area contributed by atoms with Crippen molar-refractivity contribution >= 4 is 17.8 Å². The van der Waals surface area contributed by atoms with Gasteiger partial charge in [0.25, 0.3) is 11.8 Å². The van der Waals surface area contributed by atoms with Crippen molar-refractivity contribution in [1.29, 1.82) is 0 Å². The van der Waals surface area contributed by atoms with Crippen LogP contribution in [0.1, 0.15) is 86.7 Å². The van der Waals surface area contributed by atoms with E-state index in [1.165, 1.54) is 24.3 Å². The van der Waals surface area contributed by atoms with Crippen molar-refractivity contribution < 1.29 is 41.8 Å². The number of carboxylic acid groups (broad SMARTS) is 1. The number of hydrogen-bond acceptors (Lipinski definition) is 4. The van der Waals surface area contributed by atoms with Gasteiger partial charge in [0.05, 0.1) is 18.0 Å². The molecule has 0 bridgehead atoms. The van der Waals surface area contributed by atoms with Gasteiger partial charge in [0.15, 0.2) is 0 Å². The fraction of sp³-hybridized carbons (Fsp3) is 0.289. The Hall–Kier alpha value is -5.19. The van der Waals surface area contributed by atoms with Gasteiger partial charge in [0.1, 0.15) is 11.6 Å². The number of carboxylic acids is 1. The molecule has 11 heteroatoms. The molecule has 0 aromatic heterocycles. The molecule has 0 radical (unpaired) electrons. The van der Waals surface area contributed by atoms with Crippen LogP contribution in [0.15, 0.2) is 78.9 Å². The zero-order valence-electron chi connectivity index (χ0n) is 27.6. The molecule has 3 N–H and O–H groups in total. The van der Waals surface area contributed by atoms with Crippen molar-refractivity contribution in [3.05, 3.63) is 124 Å². The second kappa shape index (κ2) is 15.8. The van der Waals surface area contributed by atoms with E-state index in [4.69, 9.17) is 5.11 Å². The molecule has 0 saturated carbocycles. The van der Waals surface area contributed by atoms with E-state index in [0.29, 0.717) is 35.1 Å². The molecule has 4 rings (SSSR count). The third kappa shape index (κ3) is 9.68. The summed E-state index contributed by atoms with van der Waals surface area (Å²) in [6.07, 6.45) is -3.95. The zero-order chi connectivity index (χ0) is 35.9. The van der Waals surface area contributed by atoms with E-state index in [0.717, 1.165) is 34.4 Å². The molecule has 2 amide bonds. The quantitative estimate of drug-likeness (QED) is 0.123. The first-order valence-electron chi connectivity index (χ1n) is 15.8. The molecular formula is C38H38F4N2O5. The molecule has 0 saturated heterocycles. The summed E-state index contributed by atoms with van der Waals surface area (Å²) < 4.78 is 58.3. The summed E-state index contributed by atoms with van der Waals surface area (Å²) in [7, 11) is 0. The Morgan fingerprint density at radius 3 is 2.00 bits per heavy atom. The van der Waals surface area contributed by atoms with Crippen LogP contribution in [0.5, 0.6) is 5.75 Å². The molecule has 0 spiro atoms. The summed E-state index contributed by atoms with van der Waals surface area (Å²) in [6.45, 7) is 7.75. The number of carbonyl (C=O) groups excluding carboxylic acids is 2. The fourth-order valence-corrected chi connectivity index (χ4v) is 6.11. The highest BCUT2D eigenvalue weighted by Gasteiger charge is 2.32. The van der Waals surface area contributed by atoms with E-state index in [1.54, 1.807) is 30.3 Å². The smallest absolute Gasteiger partial charge is 0.481 e. The van der Waals surface area contributed by atoms with Crippen LogP contribution in [0.3, 0.4) is 0 Å². The molecule has 4 aromatic rings. The van der Waals surface area contributed by atoms with Crippen LogP contribution < -0.4 is 15.4 Å². The summed E-state index contributed by atoms with van der Waals surface area (Å²) in [5, 5.41) is 14.3. The highest BCUT2D eigenvalue weighted by Crippen LogP contribution is 2.37. The minimum atomic E-state index is -4.89. The average Bonchev–Trinajstić information content (AvgIpc) is 3.02. The highest BCUT2D eigenvalue weighted by molar-refractivity contribution is 5.96. The van der Waals surface area contributed by atoms with Gasteiger partial charge in [0, 0.05) is 18.0 Å². The monoisotopic (exact) mass is 678 g/mol. The number of aryl methyl sites for hydroxylation is 3. The molecule has 0 aliphatic rings. The minimum Gasteiger partial charge on any atom is -0.481 e. The van der Waals surface area contributed by atoms with Crippen LogP contribution >= 0.6 is 0 Å². The van der Waals surface area contributed by atoms with Crippen LogP contribution in [0.2, 0.25) is 0 Å². The van der Waals surface area contributed by atoms with E-state index < -0.39 is 47.7 Å². The highest BCUT2D eigenvalue weighted by atomic mass is 19.4. The number of alkyl halides is 3. The minimum absolute atomic E-state index is 0.0433. The molecule has 0 aliphatic heterocycles. The van der Waals surface area contributed by atoms with Gasteiger partial charge < -0.3 is 20.5 Å². The number of aliphatic carboxylic acids is 1. The Labute approximate surface area is 282 Å². The first-order chi connectivity index (χ1) is 23.2. The van der Waals surface area contributed by atoms with Gasteiger partial charge in [-0.05, 0) is 97.0 Å². The molecule has 258 valence electrons. The van der Waals surface area contributed by atoms with Crippen molar-refractivity contribution in [1.82, 2.24) is 10.6 Å². The molecule has 0 fully saturated rings. The van der Waals surface area contributed by atoms with Crippen molar-refractivity contribution in [3.8, 4) is 16.9 Å². The molecule has 7 nitrogen and oxygen atoms in total. The lowest BCUT2D eigenvalue weighted by atomic mass is 9.83. The van der Waals surface area contributed by atoms with Crippen molar-refractivity contribution in [2.45, 2.75) is 65.3 Å². The van der Waals surface area contributed by atoms with E-state index in [2.05, 4.69) is 15.4 Å². The van der Waals surface area contributed by atoms with E-state index in [1.807, 2.05) is 39.8 Å². The number of benzene rings is 4. The van der Waals surface area contributed by atoms with Crippen LogP contribution in [-0.2, 0) is 4.79 Å². The lowest BCUT2D eigenvalue weighted by Gasteiger charge is -2.29. The van der Waals surface area contributed by atoms with Gasteiger partial charge in [-0.1, -0.05) is 61.4 Å². The molecular weight excluding hydrogens is 640 g/mol. The number of ether oxygens (including phenoxy) is 1. The maximum atomic E-state index is 15.7. The topological polar surface area (TPSA) is 105 Å². The van der Waals surface area contributed by atoms with E-state index in [9.17, 15) is 27.6 Å². The predicted molar refractivity (Wildman–Crippen MR) is 178 cm³/mol. The van der Waals surface area contributed by atoms with Crippen molar-refractivity contribution in [3.63, 3.8) is 0 Å². The lowest BCUT2D eigenvalue weighted by Crippen LogP contribution is -2.33. The fourth-order valence-electron chi connectivity index (χ4n) is 6.11. The predicted octanol–water partition coefficient (Wildman–Crippen LogP) is 8.58. The summed E-state index contributed by atoms with van der Waals surface area (Å²) in [4.78, 5) is 37.1. The van der Waals surface area contributed by atoms with Gasteiger partial charge >= 0.3 is 12.3 Å². The standard InChI is InChI=1S/C38H38F4N2O5/c1-5-6-30(25-7-9-27(10-8-25)36(47)43-18-17-33(45)46)35(26-11-14-29(15-12-26)49-38(40,41)42)44-37(48)31-16-13-28(21-32(31)39)34-23(3)19-22(2)20-24(34)4/h7-16,19-21,30,35H,5-6,17-18H2,1-4H3,(H,43,47)(H,44,48)(H,45,46)/t30-,35+/m1/s1. The summed E-state index contributed by atoms with van der Waals surface area (Å²) in [5.74, 6) is -3.82. The molecule has 0 unspecified atom stereocenters. The zero-order valence-corrected chi connectivity index (χ0v) is 27.6. The third-order valence-electron chi connectivity index (χ3n) is 8.17.